The van der Waals surface area contributed by atoms with Gasteiger partial charge in [0.15, 0.2) is 0 Å². The fraction of sp³-hybridized carbons (Fsp3) is 0.321. The summed E-state index contributed by atoms with van der Waals surface area (Å²) in [4.78, 5) is 4.73. The average molecular weight is 854 g/mol. The molecule has 9 rings (SSSR count). The lowest BCUT2D eigenvalue weighted by Gasteiger charge is -2.44. The third-order valence-electron chi connectivity index (χ3n) is 10.9. The highest BCUT2D eigenvalue weighted by Gasteiger charge is 2.37. The van der Waals surface area contributed by atoms with Crippen LogP contribution in [-0.4, -0.2) is 95.3 Å². The highest BCUT2D eigenvalue weighted by Crippen LogP contribution is 2.34. The molecule has 6 aromatic carbocycles. The van der Waals surface area contributed by atoms with Crippen molar-refractivity contribution in [1.82, 2.24) is 15.1 Å². The molecule has 1 N–H and O–H groups in total. The van der Waals surface area contributed by atoms with Crippen LogP contribution in [0.1, 0.15) is 59.3 Å². The van der Waals surface area contributed by atoms with Crippen LogP contribution in [0.25, 0.3) is 0 Å². The fourth-order valence-electron chi connectivity index (χ4n) is 7.82. The molecular formula is C53H63N3O5S. The van der Waals surface area contributed by atoms with Crippen LogP contribution in [0.5, 0.6) is 0 Å². The molecule has 3 fully saturated rings. The molecule has 0 spiro atoms. The predicted molar refractivity (Wildman–Crippen MR) is 252 cm³/mol. The molecule has 3 saturated heterocycles. The Kier molecular flexibility index (Phi) is 18.5. The van der Waals surface area contributed by atoms with Crippen LogP contribution in [0.2, 0.25) is 0 Å². The second-order valence-corrected chi connectivity index (χ2v) is 17.3. The van der Waals surface area contributed by atoms with Gasteiger partial charge in [0.1, 0.15) is 6.10 Å². The van der Waals surface area contributed by atoms with Crippen molar-refractivity contribution in [2.45, 2.75) is 50.7 Å². The van der Waals surface area contributed by atoms with E-state index in [1.807, 2.05) is 43.3 Å². The Labute approximate surface area is 370 Å². The molecule has 0 atom stereocenters. The van der Waals surface area contributed by atoms with E-state index in [9.17, 15) is 8.42 Å². The zero-order chi connectivity index (χ0) is 43.4. The smallest absolute Gasteiger partial charge is 0.264 e. The summed E-state index contributed by atoms with van der Waals surface area (Å²) in [5, 5.41) is 3.12. The molecule has 3 heterocycles. The molecule has 9 heteroatoms. The van der Waals surface area contributed by atoms with Crippen LogP contribution in [0.15, 0.2) is 182 Å². The zero-order valence-electron chi connectivity index (χ0n) is 36.4. The van der Waals surface area contributed by atoms with E-state index >= 15 is 0 Å². The van der Waals surface area contributed by atoms with Crippen LogP contribution in [0.4, 0.5) is 0 Å². The molecule has 0 bridgehead atoms. The number of nitrogens with zero attached hydrogens (tertiary/aromatic N) is 2. The fourth-order valence-corrected chi connectivity index (χ4v) is 8.44. The summed E-state index contributed by atoms with van der Waals surface area (Å²) in [6.45, 7) is 11.1. The number of likely N-dealkylation sites (tertiary alicyclic amines) is 2. The summed E-state index contributed by atoms with van der Waals surface area (Å²) in [7, 11) is -3.39. The number of benzene rings is 6. The molecule has 3 aliphatic heterocycles. The first-order valence-electron chi connectivity index (χ1n) is 21.9. The van der Waals surface area contributed by atoms with Gasteiger partial charge in [0, 0.05) is 52.5 Å². The molecule has 0 amide bonds. The molecule has 62 heavy (non-hydrogen) atoms. The lowest BCUT2D eigenvalue weighted by atomic mass is 9.94. The lowest BCUT2D eigenvalue weighted by molar-refractivity contribution is -0.0621. The van der Waals surface area contributed by atoms with Crippen LogP contribution < -0.4 is 5.32 Å². The highest BCUT2D eigenvalue weighted by molar-refractivity contribution is 7.86. The van der Waals surface area contributed by atoms with E-state index < -0.39 is 10.1 Å². The molecule has 326 valence electrons. The van der Waals surface area contributed by atoms with Crippen LogP contribution in [-0.2, 0) is 30.2 Å². The van der Waals surface area contributed by atoms with Gasteiger partial charge in [0.2, 0.25) is 0 Å². The molecule has 0 aromatic heterocycles. The Balaban J connectivity index is 0.000000147. The lowest BCUT2D eigenvalue weighted by Crippen LogP contribution is -2.54. The second kappa shape index (κ2) is 24.6. The van der Waals surface area contributed by atoms with Crippen molar-refractivity contribution in [3.05, 3.63) is 215 Å². The van der Waals surface area contributed by atoms with Crippen LogP contribution >= 0.6 is 0 Å². The van der Waals surface area contributed by atoms with Gasteiger partial charge in [-0.15, -0.1) is 0 Å². The van der Waals surface area contributed by atoms with E-state index in [-0.39, 0.29) is 12.1 Å². The van der Waals surface area contributed by atoms with Crippen molar-refractivity contribution in [3.63, 3.8) is 0 Å². The van der Waals surface area contributed by atoms with Crippen LogP contribution in [0.3, 0.4) is 0 Å². The third-order valence-corrected chi connectivity index (χ3v) is 11.5. The normalized spacial score (nSPS) is 15.7. The maximum Gasteiger partial charge on any atom is 0.264 e. The standard InChI is InChI=1S/C18H21NO.C17H19NO3S.C13H12.C5H11NO/c1-2-20-17-13-19(14-17)18(15-9-5-3-6-10-15)16-11-7-4-8-12-16;1-22(19,20)21-16-12-18(13-16)17(14-8-4-2-5-9-14)15-10-6-3-7-11-15;1-3-7-12(8-4-1)11-13-9-5-2-6-10-13;1-2-7-5-3-6-4-5/h3-12,17-18H,2,13-14H2,1H3;2-11,16-17H,12-13H2,1H3;1-10H,11H2;5-6H,2-4H2,1H3. The largest absolute Gasteiger partial charge is 0.376 e. The molecule has 0 aliphatic carbocycles. The van der Waals surface area contributed by atoms with E-state index in [2.05, 4.69) is 168 Å². The Morgan fingerprint density at radius 2 is 0.790 bits per heavy atom. The molecule has 0 radical (unpaired) electrons. The van der Waals surface area contributed by atoms with Gasteiger partial charge < -0.3 is 14.8 Å². The Hall–Kier alpha value is -4.97. The van der Waals surface area contributed by atoms with Gasteiger partial charge in [-0.1, -0.05) is 182 Å². The monoisotopic (exact) mass is 853 g/mol. The summed E-state index contributed by atoms with van der Waals surface area (Å²) in [6, 6.07) is 63.5. The van der Waals surface area contributed by atoms with Gasteiger partial charge in [-0.05, 0) is 53.6 Å². The molecule has 3 aliphatic rings. The SMILES string of the molecule is CCOC1CN(C(c2ccccc2)c2ccccc2)C1.CCOC1CNC1.CS(=O)(=O)OC1CN(C(c2ccccc2)c2ccccc2)C1.c1ccc(Cc2ccccc2)cc1. The van der Waals surface area contributed by atoms with Crippen LogP contribution in [0, 0.1) is 0 Å². The molecule has 0 unspecified atom stereocenters. The summed E-state index contributed by atoms with van der Waals surface area (Å²) in [5.74, 6) is 0. The van der Waals surface area contributed by atoms with Crippen molar-refractivity contribution < 1.29 is 22.1 Å². The van der Waals surface area contributed by atoms with Crippen molar-refractivity contribution in [3.8, 4) is 0 Å². The number of hydrogen-bond acceptors (Lipinski definition) is 8. The first kappa shape index (κ1) is 46.5. The highest BCUT2D eigenvalue weighted by atomic mass is 32.2. The Morgan fingerprint density at radius 1 is 0.484 bits per heavy atom. The summed E-state index contributed by atoms with van der Waals surface area (Å²) in [5.41, 5.74) is 7.85. The Morgan fingerprint density at radius 3 is 1.06 bits per heavy atom. The predicted octanol–water partition coefficient (Wildman–Crippen LogP) is 9.21. The number of rotatable bonds is 14. The van der Waals surface area contributed by atoms with Gasteiger partial charge in [0.05, 0.1) is 30.5 Å². The average Bonchev–Trinajstić information content (AvgIpc) is 3.26. The van der Waals surface area contributed by atoms with Crippen molar-refractivity contribution >= 4 is 10.1 Å². The first-order valence-corrected chi connectivity index (χ1v) is 23.7. The zero-order valence-corrected chi connectivity index (χ0v) is 37.2. The Bertz CT molecular complexity index is 2090. The van der Waals surface area contributed by atoms with Gasteiger partial charge in [-0.25, -0.2) is 0 Å². The number of ether oxygens (including phenoxy) is 2. The maximum absolute atomic E-state index is 11.2. The van der Waals surface area contributed by atoms with Gasteiger partial charge >= 0.3 is 0 Å². The topological polar surface area (TPSA) is 80.3 Å². The molecule has 8 nitrogen and oxygen atoms in total. The summed E-state index contributed by atoms with van der Waals surface area (Å²) < 4.78 is 38.4. The van der Waals surface area contributed by atoms with Crippen molar-refractivity contribution in [1.29, 1.82) is 0 Å². The first-order chi connectivity index (χ1) is 30.3. The minimum Gasteiger partial charge on any atom is -0.376 e. The molecule has 0 saturated carbocycles. The minimum atomic E-state index is -3.39. The third kappa shape index (κ3) is 14.8. The minimum absolute atomic E-state index is 0.127. The second-order valence-electron chi connectivity index (χ2n) is 15.7. The van der Waals surface area contributed by atoms with Gasteiger partial charge in [-0.2, -0.15) is 8.42 Å². The maximum atomic E-state index is 11.2. The van der Waals surface area contributed by atoms with E-state index in [0.717, 1.165) is 52.1 Å². The van der Waals surface area contributed by atoms with Crippen molar-refractivity contribution in [2.75, 3.05) is 58.7 Å². The molecular weight excluding hydrogens is 791 g/mol. The van der Waals surface area contributed by atoms with Gasteiger partial charge in [0.25, 0.3) is 10.1 Å². The summed E-state index contributed by atoms with van der Waals surface area (Å²) in [6.07, 6.45) is 2.80. The summed E-state index contributed by atoms with van der Waals surface area (Å²) >= 11 is 0. The van der Waals surface area contributed by atoms with E-state index in [1.165, 1.54) is 33.4 Å². The molecule has 6 aromatic rings. The number of hydrogen-bond donors (Lipinski definition) is 1. The van der Waals surface area contributed by atoms with E-state index in [1.54, 1.807) is 0 Å². The van der Waals surface area contributed by atoms with E-state index in [0.29, 0.717) is 31.3 Å². The number of nitrogens with one attached hydrogen (secondary N) is 1. The van der Waals surface area contributed by atoms with E-state index in [4.69, 9.17) is 13.7 Å². The van der Waals surface area contributed by atoms with Crippen molar-refractivity contribution in [2.24, 2.45) is 0 Å². The van der Waals surface area contributed by atoms with Gasteiger partial charge in [-0.3, -0.25) is 14.0 Å². The quantitative estimate of drug-likeness (QED) is 0.109.